The van der Waals surface area contributed by atoms with E-state index in [-0.39, 0.29) is 5.41 Å². The van der Waals surface area contributed by atoms with Crippen LogP contribution in [0.2, 0.25) is 0 Å². The molecule has 96 valence electrons. The molecule has 0 spiro atoms. The molecule has 4 heteroatoms. The average molecular weight is 246 g/mol. The van der Waals surface area contributed by atoms with Gasteiger partial charge in [0, 0.05) is 32.0 Å². The van der Waals surface area contributed by atoms with E-state index >= 15 is 0 Å². The van der Waals surface area contributed by atoms with E-state index < -0.39 is 0 Å². The van der Waals surface area contributed by atoms with Gasteiger partial charge in [-0.2, -0.15) is 0 Å². The van der Waals surface area contributed by atoms with E-state index in [0.29, 0.717) is 12.5 Å². The van der Waals surface area contributed by atoms with Gasteiger partial charge in [0.25, 0.3) is 0 Å². The molecule has 1 fully saturated rings. The zero-order valence-electron chi connectivity index (χ0n) is 10.6. The molecular formula is C14H18N2O2. The molecule has 4 nitrogen and oxygen atoms in total. The molecule has 0 aliphatic heterocycles. The number of aliphatic hydroxyl groups excluding tert-OH is 1. The molecular weight excluding hydrogens is 228 g/mol. The lowest BCUT2D eigenvalue weighted by Crippen LogP contribution is -2.26. The van der Waals surface area contributed by atoms with E-state index in [2.05, 4.69) is 22.4 Å². The maximum atomic E-state index is 9.24. The summed E-state index contributed by atoms with van der Waals surface area (Å²) < 4.78 is 5.44. The highest BCUT2D eigenvalue weighted by atomic mass is 16.3. The monoisotopic (exact) mass is 246 g/mol. The number of rotatable bonds is 5. The Bertz CT molecular complexity index is 558. The molecule has 0 amide bonds. The van der Waals surface area contributed by atoms with Crippen LogP contribution in [0.5, 0.6) is 0 Å². The van der Waals surface area contributed by atoms with Crippen molar-refractivity contribution in [3.63, 3.8) is 0 Å². The summed E-state index contributed by atoms with van der Waals surface area (Å²) in [7, 11) is 0. The van der Waals surface area contributed by atoms with E-state index in [4.69, 9.17) is 4.42 Å². The zero-order chi connectivity index (χ0) is 12.6. The molecule has 0 atom stereocenters. The maximum Gasteiger partial charge on any atom is 0.192 e. The topological polar surface area (TPSA) is 58.3 Å². The Morgan fingerprint density at radius 2 is 2.28 bits per heavy atom. The van der Waals surface area contributed by atoms with Crippen LogP contribution in [-0.2, 0) is 6.54 Å². The van der Waals surface area contributed by atoms with Crippen LogP contribution < -0.4 is 5.32 Å². The Morgan fingerprint density at radius 1 is 1.44 bits per heavy atom. The smallest absolute Gasteiger partial charge is 0.192 e. The Kier molecular flexibility index (Phi) is 2.84. The van der Waals surface area contributed by atoms with Crippen molar-refractivity contribution in [3.05, 3.63) is 29.7 Å². The second-order valence-corrected chi connectivity index (χ2v) is 5.30. The lowest BCUT2D eigenvalue weighted by Gasteiger charge is -2.12. The van der Waals surface area contributed by atoms with E-state index in [1.165, 1.54) is 5.56 Å². The quantitative estimate of drug-likeness (QED) is 0.847. The van der Waals surface area contributed by atoms with Gasteiger partial charge in [-0.05, 0) is 30.5 Å². The normalized spacial score (nSPS) is 17.2. The first-order valence-electron chi connectivity index (χ1n) is 6.38. The van der Waals surface area contributed by atoms with Crippen molar-refractivity contribution in [2.45, 2.75) is 26.3 Å². The van der Waals surface area contributed by atoms with Gasteiger partial charge in [-0.1, -0.05) is 6.07 Å². The third-order valence-corrected chi connectivity index (χ3v) is 3.68. The molecule has 2 N–H and O–H groups in total. The molecule has 1 aliphatic carbocycles. The van der Waals surface area contributed by atoms with Crippen molar-refractivity contribution in [1.29, 1.82) is 0 Å². The fraction of sp³-hybridized carbons (Fsp3) is 0.500. The van der Waals surface area contributed by atoms with Gasteiger partial charge in [-0.25, -0.2) is 4.98 Å². The van der Waals surface area contributed by atoms with Crippen LogP contribution in [0.15, 0.2) is 22.6 Å². The molecule has 1 heterocycles. The lowest BCUT2D eigenvalue weighted by atomic mass is 10.1. The number of aliphatic hydroxyl groups is 1. The molecule has 3 rings (SSSR count). The highest BCUT2D eigenvalue weighted by Crippen LogP contribution is 2.44. The summed E-state index contributed by atoms with van der Waals surface area (Å²) in [6, 6.07) is 6.07. The molecule has 0 bridgehead atoms. The van der Waals surface area contributed by atoms with Crippen molar-refractivity contribution in [1.82, 2.24) is 10.3 Å². The SMILES string of the molecule is Cc1nc2cc(CNCC3(CO)CC3)ccc2o1. The highest BCUT2D eigenvalue weighted by Gasteiger charge is 2.41. The molecule has 0 unspecified atom stereocenters. The summed E-state index contributed by atoms with van der Waals surface area (Å²) in [5.41, 5.74) is 3.11. The number of fused-ring (bicyclic) bond motifs is 1. The standard InChI is InChI=1S/C14H18N2O2/c1-10-16-12-6-11(2-3-13(12)18-10)7-15-8-14(9-17)4-5-14/h2-3,6,15,17H,4-5,7-9H2,1H3. The molecule has 0 radical (unpaired) electrons. The zero-order valence-corrected chi connectivity index (χ0v) is 10.6. The predicted molar refractivity (Wildman–Crippen MR) is 69.2 cm³/mol. The second-order valence-electron chi connectivity index (χ2n) is 5.30. The first-order chi connectivity index (χ1) is 8.71. The van der Waals surface area contributed by atoms with Crippen LogP contribution in [0.1, 0.15) is 24.3 Å². The van der Waals surface area contributed by atoms with E-state index in [1.807, 2.05) is 13.0 Å². The molecule has 0 saturated heterocycles. The predicted octanol–water partition coefficient (Wildman–Crippen LogP) is 2.00. The van der Waals surface area contributed by atoms with Gasteiger partial charge in [0.2, 0.25) is 0 Å². The summed E-state index contributed by atoms with van der Waals surface area (Å²) in [4.78, 5) is 4.32. The summed E-state index contributed by atoms with van der Waals surface area (Å²) in [5.74, 6) is 0.701. The molecule has 1 aromatic heterocycles. The number of oxazole rings is 1. The van der Waals surface area contributed by atoms with Crippen LogP contribution in [-0.4, -0.2) is 23.2 Å². The minimum Gasteiger partial charge on any atom is -0.441 e. The Balaban J connectivity index is 1.63. The summed E-state index contributed by atoms with van der Waals surface area (Å²) >= 11 is 0. The summed E-state index contributed by atoms with van der Waals surface area (Å²) in [5, 5.41) is 12.6. The van der Waals surface area contributed by atoms with E-state index in [9.17, 15) is 5.11 Å². The van der Waals surface area contributed by atoms with Gasteiger partial charge in [-0.15, -0.1) is 0 Å². The molecule has 1 saturated carbocycles. The van der Waals surface area contributed by atoms with Crippen LogP contribution in [0.4, 0.5) is 0 Å². The van der Waals surface area contributed by atoms with Crippen LogP contribution in [0.3, 0.4) is 0 Å². The van der Waals surface area contributed by atoms with Crippen molar-refractivity contribution in [3.8, 4) is 0 Å². The van der Waals surface area contributed by atoms with Crippen LogP contribution in [0, 0.1) is 12.3 Å². The number of aryl methyl sites for hydroxylation is 1. The van der Waals surface area contributed by atoms with Crippen molar-refractivity contribution in [2.75, 3.05) is 13.2 Å². The minimum atomic E-state index is 0.161. The molecule has 1 aliphatic rings. The number of hydrogen-bond acceptors (Lipinski definition) is 4. The van der Waals surface area contributed by atoms with Gasteiger partial charge in [-0.3, -0.25) is 0 Å². The fourth-order valence-electron chi connectivity index (χ4n) is 2.24. The number of hydrogen-bond donors (Lipinski definition) is 2. The van der Waals surface area contributed by atoms with E-state index in [0.717, 1.165) is 37.0 Å². The van der Waals surface area contributed by atoms with E-state index in [1.54, 1.807) is 0 Å². The van der Waals surface area contributed by atoms with Gasteiger partial charge in [0.15, 0.2) is 11.5 Å². The number of benzene rings is 1. The Morgan fingerprint density at radius 3 is 3.00 bits per heavy atom. The third kappa shape index (κ3) is 2.26. The van der Waals surface area contributed by atoms with Gasteiger partial charge >= 0.3 is 0 Å². The van der Waals surface area contributed by atoms with Gasteiger partial charge in [0.1, 0.15) is 5.52 Å². The number of nitrogens with one attached hydrogen (secondary N) is 1. The maximum absolute atomic E-state index is 9.24. The second kappa shape index (κ2) is 4.37. The molecule has 2 aromatic rings. The third-order valence-electron chi connectivity index (χ3n) is 3.68. The van der Waals surface area contributed by atoms with Crippen molar-refractivity contribution >= 4 is 11.1 Å². The minimum absolute atomic E-state index is 0.161. The lowest BCUT2D eigenvalue weighted by molar-refractivity contribution is 0.207. The summed E-state index contributed by atoms with van der Waals surface area (Å²) in [6.45, 7) is 3.85. The molecule has 18 heavy (non-hydrogen) atoms. The average Bonchev–Trinajstić information content (AvgIpc) is 3.04. The Labute approximate surface area is 106 Å². The molecule has 1 aromatic carbocycles. The number of nitrogens with zero attached hydrogens (tertiary/aromatic N) is 1. The van der Waals surface area contributed by atoms with Gasteiger partial charge < -0.3 is 14.8 Å². The Hall–Kier alpha value is -1.39. The number of aromatic nitrogens is 1. The summed E-state index contributed by atoms with van der Waals surface area (Å²) in [6.07, 6.45) is 2.27. The van der Waals surface area contributed by atoms with Crippen LogP contribution >= 0.6 is 0 Å². The highest BCUT2D eigenvalue weighted by molar-refractivity contribution is 5.73. The first kappa shape index (κ1) is 11.7. The van der Waals surface area contributed by atoms with Crippen molar-refractivity contribution in [2.24, 2.45) is 5.41 Å². The largest absolute Gasteiger partial charge is 0.441 e. The van der Waals surface area contributed by atoms with Gasteiger partial charge in [0.05, 0.1) is 0 Å². The fourth-order valence-corrected chi connectivity index (χ4v) is 2.24. The van der Waals surface area contributed by atoms with Crippen LogP contribution in [0.25, 0.3) is 11.1 Å². The van der Waals surface area contributed by atoms with Crippen molar-refractivity contribution < 1.29 is 9.52 Å². The first-order valence-corrected chi connectivity index (χ1v) is 6.38.